The molecule has 0 amide bonds. The number of esters is 1. The first-order chi connectivity index (χ1) is 9.78. The molecule has 0 saturated carbocycles. The number of ether oxygens (including phenoxy) is 1. The highest BCUT2D eigenvalue weighted by Gasteiger charge is 2.40. The Balaban J connectivity index is 2.70. The van der Waals surface area contributed by atoms with E-state index in [-0.39, 0.29) is 23.7 Å². The molecule has 2 atom stereocenters. The van der Waals surface area contributed by atoms with Crippen LogP contribution in [-0.4, -0.2) is 46.7 Å². The Hall–Kier alpha value is -0.420. The maximum Gasteiger partial charge on any atom is 0.323 e. The SMILES string of the molecule is CCCCCN1CC(C(=O)CBr)CC1C(=O)OC(C)(C)C. The minimum Gasteiger partial charge on any atom is -0.459 e. The van der Waals surface area contributed by atoms with Crippen LogP contribution >= 0.6 is 15.9 Å². The number of unbranched alkanes of at least 4 members (excludes halogenated alkanes) is 2. The van der Waals surface area contributed by atoms with Gasteiger partial charge in [-0.2, -0.15) is 0 Å². The zero-order valence-corrected chi connectivity index (χ0v) is 15.2. The number of hydrogen-bond acceptors (Lipinski definition) is 4. The van der Waals surface area contributed by atoms with Gasteiger partial charge in [-0.15, -0.1) is 0 Å². The molecule has 122 valence electrons. The van der Waals surface area contributed by atoms with Crippen LogP contribution in [0.3, 0.4) is 0 Å². The van der Waals surface area contributed by atoms with E-state index in [2.05, 4.69) is 27.8 Å². The summed E-state index contributed by atoms with van der Waals surface area (Å²) >= 11 is 3.23. The van der Waals surface area contributed by atoms with Crippen molar-refractivity contribution in [1.82, 2.24) is 4.90 Å². The Morgan fingerprint density at radius 2 is 1.95 bits per heavy atom. The summed E-state index contributed by atoms with van der Waals surface area (Å²) in [7, 11) is 0. The van der Waals surface area contributed by atoms with Crippen molar-refractivity contribution in [2.45, 2.75) is 65.0 Å². The van der Waals surface area contributed by atoms with E-state index < -0.39 is 5.60 Å². The zero-order valence-electron chi connectivity index (χ0n) is 13.7. The van der Waals surface area contributed by atoms with E-state index in [0.717, 1.165) is 25.8 Å². The van der Waals surface area contributed by atoms with Gasteiger partial charge in [0.25, 0.3) is 0 Å². The third kappa shape index (κ3) is 6.07. The average Bonchev–Trinajstić information content (AvgIpc) is 2.80. The number of alkyl halides is 1. The minimum atomic E-state index is -0.482. The zero-order chi connectivity index (χ0) is 16.0. The van der Waals surface area contributed by atoms with Gasteiger partial charge in [0.1, 0.15) is 17.4 Å². The first-order valence-electron chi connectivity index (χ1n) is 7.84. The van der Waals surface area contributed by atoms with Gasteiger partial charge in [0, 0.05) is 12.5 Å². The Morgan fingerprint density at radius 3 is 2.48 bits per heavy atom. The van der Waals surface area contributed by atoms with Gasteiger partial charge in [-0.05, 0) is 40.2 Å². The summed E-state index contributed by atoms with van der Waals surface area (Å²) in [5.41, 5.74) is -0.482. The van der Waals surface area contributed by atoms with Crippen LogP contribution < -0.4 is 0 Å². The normalized spacial score (nSPS) is 23.3. The highest BCUT2D eigenvalue weighted by Crippen LogP contribution is 2.27. The van der Waals surface area contributed by atoms with Crippen molar-refractivity contribution in [2.75, 3.05) is 18.4 Å². The first-order valence-corrected chi connectivity index (χ1v) is 8.96. The summed E-state index contributed by atoms with van der Waals surface area (Å²) in [5.74, 6) is -0.0612. The number of hydrogen-bond donors (Lipinski definition) is 0. The van der Waals surface area contributed by atoms with Gasteiger partial charge >= 0.3 is 5.97 Å². The number of Topliss-reactive ketones (excluding diaryl/α,β-unsaturated/α-hetero) is 1. The topological polar surface area (TPSA) is 46.6 Å². The van der Waals surface area contributed by atoms with Crippen molar-refractivity contribution < 1.29 is 14.3 Å². The lowest BCUT2D eigenvalue weighted by Gasteiger charge is -2.27. The fourth-order valence-electron chi connectivity index (χ4n) is 2.67. The molecule has 1 aliphatic rings. The Kier molecular flexibility index (Phi) is 7.34. The standard InChI is InChI=1S/C16H28BrNO3/c1-5-6-7-8-18-11-12(14(19)10-17)9-13(18)15(20)21-16(2,3)4/h12-13H,5-11H2,1-4H3. The third-order valence-electron chi connectivity index (χ3n) is 3.72. The molecule has 0 aliphatic carbocycles. The van der Waals surface area contributed by atoms with E-state index in [9.17, 15) is 9.59 Å². The second-order valence-corrected chi connectivity index (χ2v) is 7.34. The second-order valence-electron chi connectivity index (χ2n) is 6.78. The fraction of sp³-hybridized carbons (Fsp3) is 0.875. The maximum absolute atomic E-state index is 12.4. The molecule has 0 aromatic heterocycles. The monoisotopic (exact) mass is 361 g/mol. The number of likely N-dealkylation sites (tertiary alicyclic amines) is 1. The molecule has 0 aromatic rings. The van der Waals surface area contributed by atoms with Crippen LogP contribution in [0.1, 0.15) is 53.4 Å². The highest BCUT2D eigenvalue weighted by molar-refractivity contribution is 9.09. The molecule has 2 unspecified atom stereocenters. The molecule has 0 aromatic carbocycles. The Morgan fingerprint density at radius 1 is 1.29 bits per heavy atom. The maximum atomic E-state index is 12.4. The molecule has 21 heavy (non-hydrogen) atoms. The van der Waals surface area contributed by atoms with Gasteiger partial charge in [-0.3, -0.25) is 14.5 Å². The van der Waals surface area contributed by atoms with E-state index >= 15 is 0 Å². The molecule has 5 heteroatoms. The van der Waals surface area contributed by atoms with Crippen LogP contribution in [-0.2, 0) is 14.3 Å². The predicted octanol–water partition coefficient (Wildman–Crippen LogP) is 3.17. The van der Waals surface area contributed by atoms with E-state index in [1.807, 2.05) is 20.8 Å². The van der Waals surface area contributed by atoms with Gasteiger partial charge in [0.05, 0.1) is 5.33 Å². The lowest BCUT2D eigenvalue weighted by molar-refractivity contribution is -0.160. The van der Waals surface area contributed by atoms with Crippen molar-refractivity contribution in [3.05, 3.63) is 0 Å². The highest BCUT2D eigenvalue weighted by atomic mass is 79.9. The van der Waals surface area contributed by atoms with Crippen LogP contribution in [0.5, 0.6) is 0 Å². The van der Waals surface area contributed by atoms with Crippen LogP contribution in [0.4, 0.5) is 0 Å². The molecule has 0 N–H and O–H groups in total. The summed E-state index contributed by atoms with van der Waals surface area (Å²) in [6.07, 6.45) is 3.94. The lowest BCUT2D eigenvalue weighted by atomic mass is 10.0. The summed E-state index contributed by atoms with van der Waals surface area (Å²) in [6.45, 7) is 9.33. The molecule has 0 bridgehead atoms. The molecule has 4 nitrogen and oxygen atoms in total. The quantitative estimate of drug-likeness (QED) is 0.397. The molecule has 1 fully saturated rings. The number of nitrogens with zero attached hydrogens (tertiary/aromatic N) is 1. The molecule has 1 aliphatic heterocycles. The van der Waals surface area contributed by atoms with Crippen LogP contribution in [0, 0.1) is 5.92 Å². The Bertz CT molecular complexity index is 365. The summed E-state index contributed by atoms with van der Waals surface area (Å²) in [5, 5.41) is 0.363. The van der Waals surface area contributed by atoms with Crippen molar-refractivity contribution in [3.63, 3.8) is 0 Å². The summed E-state index contributed by atoms with van der Waals surface area (Å²) in [4.78, 5) is 26.4. The van der Waals surface area contributed by atoms with Gasteiger partial charge in [0.2, 0.25) is 0 Å². The fourth-order valence-corrected chi connectivity index (χ4v) is 3.13. The number of carbonyl (C=O) groups is 2. The average molecular weight is 362 g/mol. The Labute approximate surface area is 136 Å². The number of ketones is 1. The van der Waals surface area contributed by atoms with E-state index in [1.165, 1.54) is 0 Å². The van der Waals surface area contributed by atoms with Crippen LogP contribution in [0.2, 0.25) is 0 Å². The molecule has 0 spiro atoms. The van der Waals surface area contributed by atoms with E-state index in [1.54, 1.807) is 0 Å². The van der Waals surface area contributed by atoms with Crippen LogP contribution in [0.15, 0.2) is 0 Å². The number of halogens is 1. The van der Waals surface area contributed by atoms with Gasteiger partial charge < -0.3 is 4.74 Å². The third-order valence-corrected chi connectivity index (χ3v) is 4.27. The smallest absolute Gasteiger partial charge is 0.323 e. The van der Waals surface area contributed by atoms with E-state index in [0.29, 0.717) is 18.3 Å². The first kappa shape index (κ1) is 18.6. The molecule has 1 heterocycles. The summed E-state index contributed by atoms with van der Waals surface area (Å²) < 4.78 is 5.52. The van der Waals surface area contributed by atoms with Gasteiger partial charge in [0.15, 0.2) is 0 Å². The largest absolute Gasteiger partial charge is 0.459 e. The number of carbonyl (C=O) groups excluding carboxylic acids is 2. The molecular weight excluding hydrogens is 334 g/mol. The van der Waals surface area contributed by atoms with Gasteiger partial charge in [-0.1, -0.05) is 35.7 Å². The molecule has 1 saturated heterocycles. The number of rotatable bonds is 7. The minimum absolute atomic E-state index is 0.0523. The molecule has 1 rings (SSSR count). The van der Waals surface area contributed by atoms with Crippen molar-refractivity contribution in [1.29, 1.82) is 0 Å². The van der Waals surface area contributed by atoms with Crippen molar-refractivity contribution >= 4 is 27.7 Å². The molecule has 0 radical (unpaired) electrons. The van der Waals surface area contributed by atoms with E-state index in [4.69, 9.17) is 4.74 Å². The summed E-state index contributed by atoms with van der Waals surface area (Å²) in [6, 6.07) is -0.269. The van der Waals surface area contributed by atoms with Crippen molar-refractivity contribution in [2.24, 2.45) is 5.92 Å². The molecular formula is C16H28BrNO3. The van der Waals surface area contributed by atoms with Crippen molar-refractivity contribution in [3.8, 4) is 0 Å². The lowest BCUT2D eigenvalue weighted by Crippen LogP contribution is -2.40. The predicted molar refractivity (Wildman–Crippen MR) is 87.6 cm³/mol. The van der Waals surface area contributed by atoms with Gasteiger partial charge in [-0.25, -0.2) is 0 Å². The van der Waals surface area contributed by atoms with Crippen LogP contribution in [0.25, 0.3) is 0 Å². The second kappa shape index (κ2) is 8.28.